The molecule has 0 aliphatic carbocycles. The zero-order valence-electron chi connectivity index (χ0n) is 12.3. The number of anilines is 1. The number of benzene rings is 1. The zero-order valence-corrected chi connectivity index (χ0v) is 12.3. The molecule has 24 heavy (non-hydrogen) atoms. The van der Waals surface area contributed by atoms with E-state index in [-0.39, 0.29) is 11.7 Å². The summed E-state index contributed by atoms with van der Waals surface area (Å²) in [6.45, 7) is 0. The van der Waals surface area contributed by atoms with Gasteiger partial charge >= 0.3 is 0 Å². The van der Waals surface area contributed by atoms with E-state index in [2.05, 4.69) is 25.6 Å². The molecule has 3 heterocycles. The largest absolute Gasteiger partial charge is 0.508 e. The Hall–Kier alpha value is -3.68. The molecule has 0 unspecified atom stereocenters. The van der Waals surface area contributed by atoms with Crippen molar-refractivity contribution in [3.63, 3.8) is 0 Å². The lowest BCUT2D eigenvalue weighted by molar-refractivity contribution is 0.102. The number of fused-ring (bicyclic) bond motifs is 1. The second-order valence-corrected chi connectivity index (χ2v) is 5.13. The monoisotopic (exact) mass is 320 g/mol. The van der Waals surface area contributed by atoms with Crippen molar-refractivity contribution in [1.82, 2.24) is 24.8 Å². The van der Waals surface area contributed by atoms with Gasteiger partial charge in [0.1, 0.15) is 11.4 Å². The van der Waals surface area contributed by atoms with Crippen molar-refractivity contribution in [2.45, 2.75) is 0 Å². The van der Waals surface area contributed by atoms with E-state index in [9.17, 15) is 9.90 Å². The van der Waals surface area contributed by atoms with Crippen LogP contribution in [0.2, 0.25) is 0 Å². The van der Waals surface area contributed by atoms with Crippen molar-refractivity contribution in [3.8, 4) is 17.1 Å². The van der Waals surface area contributed by atoms with Gasteiger partial charge < -0.3 is 10.4 Å². The van der Waals surface area contributed by atoms with Crippen LogP contribution in [0.15, 0.2) is 54.9 Å². The number of carbonyl (C=O) groups is 1. The Labute approximate surface area is 135 Å². The number of pyridine rings is 1. The number of aromatic hydroxyl groups is 1. The van der Waals surface area contributed by atoms with Crippen LogP contribution in [0, 0.1) is 0 Å². The zero-order chi connectivity index (χ0) is 16.5. The van der Waals surface area contributed by atoms with Crippen LogP contribution >= 0.6 is 0 Å². The van der Waals surface area contributed by atoms with Crippen LogP contribution in [0.25, 0.3) is 17.0 Å². The van der Waals surface area contributed by atoms with Gasteiger partial charge in [-0.2, -0.15) is 5.10 Å². The highest BCUT2D eigenvalue weighted by Crippen LogP contribution is 2.21. The molecule has 0 saturated heterocycles. The lowest BCUT2D eigenvalue weighted by Gasteiger charge is -2.03. The van der Waals surface area contributed by atoms with Crippen LogP contribution in [0.5, 0.6) is 5.75 Å². The number of nitrogens with zero attached hydrogens (tertiary/aromatic N) is 4. The molecule has 1 amide bonds. The van der Waals surface area contributed by atoms with Gasteiger partial charge in [0.05, 0.1) is 0 Å². The highest BCUT2D eigenvalue weighted by atomic mass is 16.3. The van der Waals surface area contributed by atoms with Crippen LogP contribution in [0.3, 0.4) is 0 Å². The molecule has 0 aliphatic heterocycles. The number of hydrogen-bond donors (Lipinski definition) is 3. The third-order valence-corrected chi connectivity index (χ3v) is 3.45. The number of hydrogen-bond acceptors (Lipinski definition) is 5. The molecule has 8 nitrogen and oxygen atoms in total. The van der Waals surface area contributed by atoms with Crippen LogP contribution in [0.1, 0.15) is 10.5 Å². The topological polar surface area (TPSA) is 108 Å². The summed E-state index contributed by atoms with van der Waals surface area (Å²) < 4.78 is 1.60. The van der Waals surface area contributed by atoms with Gasteiger partial charge in [0.25, 0.3) is 5.91 Å². The van der Waals surface area contributed by atoms with E-state index >= 15 is 0 Å². The Balaban J connectivity index is 1.65. The van der Waals surface area contributed by atoms with Crippen LogP contribution < -0.4 is 5.32 Å². The molecular formula is C16H12N6O2. The molecule has 0 bridgehead atoms. The minimum absolute atomic E-state index is 0.152. The van der Waals surface area contributed by atoms with Crippen molar-refractivity contribution in [2.75, 3.05) is 5.32 Å². The summed E-state index contributed by atoms with van der Waals surface area (Å²) >= 11 is 0. The van der Waals surface area contributed by atoms with Gasteiger partial charge in [-0.25, -0.2) is 9.50 Å². The molecule has 118 valence electrons. The molecule has 4 rings (SSSR count). The molecule has 3 aromatic heterocycles. The first-order valence-corrected chi connectivity index (χ1v) is 7.15. The predicted octanol–water partition coefficient (Wildman–Crippen LogP) is 2.08. The van der Waals surface area contributed by atoms with Crippen LogP contribution in [-0.4, -0.2) is 35.8 Å². The van der Waals surface area contributed by atoms with Crippen molar-refractivity contribution in [1.29, 1.82) is 0 Å². The van der Waals surface area contributed by atoms with Crippen molar-refractivity contribution in [3.05, 3.63) is 60.6 Å². The highest BCUT2D eigenvalue weighted by molar-refractivity contribution is 6.02. The lowest BCUT2D eigenvalue weighted by Crippen LogP contribution is -2.12. The van der Waals surface area contributed by atoms with Gasteiger partial charge in [-0.15, -0.1) is 5.10 Å². The molecule has 8 heteroatoms. The van der Waals surface area contributed by atoms with Crippen molar-refractivity contribution in [2.24, 2.45) is 0 Å². The fourth-order valence-corrected chi connectivity index (χ4v) is 2.31. The summed E-state index contributed by atoms with van der Waals surface area (Å²) in [6, 6.07) is 11.8. The van der Waals surface area contributed by atoms with Gasteiger partial charge in [0.2, 0.25) is 0 Å². The molecule has 0 fully saturated rings. The normalized spacial score (nSPS) is 10.8. The fraction of sp³-hybridized carbons (Fsp3) is 0. The lowest BCUT2D eigenvalue weighted by atomic mass is 10.2. The van der Waals surface area contributed by atoms with E-state index < -0.39 is 0 Å². The number of nitrogens with one attached hydrogen (secondary N) is 2. The first kappa shape index (κ1) is 13.9. The first-order chi connectivity index (χ1) is 11.7. The fourth-order valence-electron chi connectivity index (χ4n) is 2.31. The van der Waals surface area contributed by atoms with Gasteiger partial charge in [0.15, 0.2) is 11.5 Å². The van der Waals surface area contributed by atoms with Crippen molar-refractivity contribution < 1.29 is 9.90 Å². The minimum Gasteiger partial charge on any atom is -0.508 e. The smallest absolute Gasteiger partial charge is 0.273 e. The molecule has 0 saturated carbocycles. The first-order valence-electron chi connectivity index (χ1n) is 7.15. The molecule has 0 spiro atoms. The van der Waals surface area contributed by atoms with Gasteiger partial charge in [-0.1, -0.05) is 12.1 Å². The third-order valence-electron chi connectivity index (χ3n) is 3.45. The van der Waals surface area contributed by atoms with Gasteiger partial charge in [-0.05, 0) is 24.3 Å². The number of H-pyrrole nitrogens is 1. The summed E-state index contributed by atoms with van der Waals surface area (Å²) in [7, 11) is 0. The molecule has 0 aliphatic rings. The van der Waals surface area contributed by atoms with E-state index in [1.165, 1.54) is 6.20 Å². The number of phenols is 1. The number of phenolic OH excluding ortho intramolecular Hbond substituents is 1. The summed E-state index contributed by atoms with van der Waals surface area (Å²) in [6.07, 6.45) is 3.22. The summed E-state index contributed by atoms with van der Waals surface area (Å²) in [5.41, 5.74) is 2.26. The quantitative estimate of drug-likeness (QED) is 0.535. The number of amides is 1. The highest BCUT2D eigenvalue weighted by Gasteiger charge is 2.10. The second-order valence-electron chi connectivity index (χ2n) is 5.13. The summed E-state index contributed by atoms with van der Waals surface area (Å²) in [5, 5.41) is 23.0. The molecule has 0 radical (unpaired) electrons. The third kappa shape index (κ3) is 2.56. The van der Waals surface area contributed by atoms with E-state index in [1.807, 2.05) is 6.07 Å². The van der Waals surface area contributed by atoms with Gasteiger partial charge in [0, 0.05) is 29.7 Å². The number of carbonyl (C=O) groups excluding carboxylic acids is 1. The molecule has 3 N–H and O–H groups in total. The Morgan fingerprint density at radius 1 is 1.21 bits per heavy atom. The Morgan fingerprint density at radius 2 is 2.12 bits per heavy atom. The molecule has 0 atom stereocenters. The summed E-state index contributed by atoms with van der Waals surface area (Å²) in [4.78, 5) is 16.4. The Kier molecular flexibility index (Phi) is 3.20. The minimum atomic E-state index is -0.287. The number of rotatable bonds is 3. The second kappa shape index (κ2) is 5.51. The number of aromatic amines is 1. The average Bonchev–Trinajstić information content (AvgIpc) is 3.24. The molecular weight excluding hydrogens is 308 g/mol. The van der Waals surface area contributed by atoms with E-state index in [0.29, 0.717) is 28.4 Å². The maximum Gasteiger partial charge on any atom is 0.273 e. The van der Waals surface area contributed by atoms with E-state index in [1.54, 1.807) is 47.1 Å². The predicted molar refractivity (Wildman–Crippen MR) is 86.6 cm³/mol. The van der Waals surface area contributed by atoms with Crippen LogP contribution in [-0.2, 0) is 0 Å². The Bertz CT molecular complexity index is 1020. The van der Waals surface area contributed by atoms with Gasteiger partial charge in [-0.3, -0.25) is 9.89 Å². The SMILES string of the molecule is O=C(Nc1ccn2nc(-c3cccc(O)c3)nc2c1)c1ccn[nH]1. The van der Waals surface area contributed by atoms with Crippen LogP contribution in [0.4, 0.5) is 5.69 Å². The molecule has 1 aromatic carbocycles. The molecule has 4 aromatic rings. The standard InChI is InChI=1S/C16H12N6O2/c23-12-3-1-2-10(8-12)15-19-14-9-11(5-7-22(14)21-15)18-16(24)13-4-6-17-20-13/h1-9,23H,(H,17,20)(H,18,24). The number of aromatic nitrogens is 5. The summed E-state index contributed by atoms with van der Waals surface area (Å²) in [5.74, 6) is 0.353. The maximum absolute atomic E-state index is 12.0. The average molecular weight is 320 g/mol. The van der Waals surface area contributed by atoms with E-state index in [0.717, 1.165) is 0 Å². The van der Waals surface area contributed by atoms with E-state index in [4.69, 9.17) is 0 Å². The van der Waals surface area contributed by atoms with Crippen molar-refractivity contribution >= 4 is 17.2 Å². The Morgan fingerprint density at radius 3 is 2.92 bits per heavy atom. The maximum atomic E-state index is 12.0.